The molecule has 1 unspecified atom stereocenters. The quantitative estimate of drug-likeness (QED) is 0.797. The van der Waals surface area contributed by atoms with Gasteiger partial charge in [-0.1, -0.05) is 19.9 Å². The second kappa shape index (κ2) is 6.02. The summed E-state index contributed by atoms with van der Waals surface area (Å²) in [5.74, 6) is 1.57. The summed E-state index contributed by atoms with van der Waals surface area (Å²) in [6, 6.07) is 8.71. The van der Waals surface area contributed by atoms with Gasteiger partial charge < -0.3 is 9.73 Å². The number of thiophene rings is 1. The van der Waals surface area contributed by atoms with Crippen LogP contribution in [0.3, 0.4) is 0 Å². The van der Waals surface area contributed by atoms with Crippen molar-refractivity contribution in [2.45, 2.75) is 26.4 Å². The maximum absolute atomic E-state index is 5.56. The van der Waals surface area contributed by atoms with Crippen molar-refractivity contribution in [3.8, 4) is 0 Å². The van der Waals surface area contributed by atoms with Crippen molar-refractivity contribution in [2.24, 2.45) is 5.92 Å². The minimum absolute atomic E-state index is 0.401. The Bertz CT molecular complexity index is 450. The van der Waals surface area contributed by atoms with Crippen molar-refractivity contribution < 1.29 is 4.42 Å². The van der Waals surface area contributed by atoms with Crippen LogP contribution in [-0.4, -0.2) is 0 Å². The number of rotatable bonds is 5. The molecule has 17 heavy (non-hydrogen) atoms. The number of furan rings is 1. The molecule has 4 heteroatoms. The molecule has 0 aliphatic carbocycles. The molecule has 1 N–H and O–H groups in total. The summed E-state index contributed by atoms with van der Waals surface area (Å²) in [5.41, 5.74) is 0. The lowest BCUT2D eigenvalue weighted by molar-refractivity contribution is 0.383. The molecular formula is C13H16INOS. The van der Waals surface area contributed by atoms with E-state index in [0.717, 1.165) is 16.1 Å². The molecule has 2 aromatic rings. The Morgan fingerprint density at radius 2 is 2.18 bits per heavy atom. The summed E-state index contributed by atoms with van der Waals surface area (Å²) in [6.07, 6.45) is 0. The highest BCUT2D eigenvalue weighted by molar-refractivity contribution is 14.1. The number of halogens is 1. The van der Waals surface area contributed by atoms with Gasteiger partial charge in [0.2, 0.25) is 0 Å². The van der Waals surface area contributed by atoms with Gasteiger partial charge in [0.25, 0.3) is 0 Å². The summed E-state index contributed by atoms with van der Waals surface area (Å²) in [7, 11) is 0. The van der Waals surface area contributed by atoms with E-state index >= 15 is 0 Å². The van der Waals surface area contributed by atoms with Crippen molar-refractivity contribution >= 4 is 33.9 Å². The standard InChI is InChI=1S/C13H16INOS/c1-9(2)13(11-4-3-7-17-11)15-8-10-5-6-12(14)16-10/h3-7,9,13,15H,8H2,1-2H3. The van der Waals surface area contributed by atoms with Crippen LogP contribution < -0.4 is 5.32 Å². The monoisotopic (exact) mass is 361 g/mol. The zero-order chi connectivity index (χ0) is 12.3. The third-order valence-electron chi connectivity index (χ3n) is 2.64. The molecule has 0 fully saturated rings. The summed E-state index contributed by atoms with van der Waals surface area (Å²) >= 11 is 3.99. The Labute approximate surface area is 120 Å². The molecule has 0 aliphatic rings. The molecule has 0 spiro atoms. The number of hydrogen-bond acceptors (Lipinski definition) is 3. The van der Waals surface area contributed by atoms with Crippen molar-refractivity contribution in [1.29, 1.82) is 0 Å². The largest absolute Gasteiger partial charge is 0.454 e. The van der Waals surface area contributed by atoms with E-state index in [1.54, 1.807) is 11.3 Å². The minimum Gasteiger partial charge on any atom is -0.454 e. The normalized spacial score (nSPS) is 13.2. The van der Waals surface area contributed by atoms with Gasteiger partial charge in [0.1, 0.15) is 5.76 Å². The van der Waals surface area contributed by atoms with Gasteiger partial charge in [-0.3, -0.25) is 0 Å². The van der Waals surface area contributed by atoms with Crippen LogP contribution >= 0.6 is 33.9 Å². The van der Waals surface area contributed by atoms with Crippen LogP contribution in [0, 0.1) is 9.68 Å². The third kappa shape index (κ3) is 3.56. The zero-order valence-electron chi connectivity index (χ0n) is 9.94. The van der Waals surface area contributed by atoms with E-state index in [2.05, 4.69) is 59.3 Å². The van der Waals surface area contributed by atoms with Gasteiger partial charge in [-0.15, -0.1) is 11.3 Å². The molecule has 0 bridgehead atoms. The highest BCUT2D eigenvalue weighted by Gasteiger charge is 2.16. The van der Waals surface area contributed by atoms with Gasteiger partial charge >= 0.3 is 0 Å². The molecule has 2 nitrogen and oxygen atoms in total. The first-order chi connectivity index (χ1) is 8.16. The topological polar surface area (TPSA) is 25.2 Å². The van der Waals surface area contributed by atoms with E-state index in [-0.39, 0.29) is 0 Å². The van der Waals surface area contributed by atoms with Crippen LogP contribution in [0.1, 0.15) is 30.5 Å². The van der Waals surface area contributed by atoms with Gasteiger partial charge in [-0.2, -0.15) is 0 Å². The van der Waals surface area contributed by atoms with E-state index in [1.807, 2.05) is 12.1 Å². The average molecular weight is 361 g/mol. The Balaban J connectivity index is 1.99. The highest BCUT2D eigenvalue weighted by Crippen LogP contribution is 2.26. The van der Waals surface area contributed by atoms with E-state index in [1.165, 1.54) is 4.88 Å². The molecule has 1 atom stereocenters. The molecule has 2 aromatic heterocycles. The summed E-state index contributed by atoms with van der Waals surface area (Å²) in [5, 5.41) is 5.69. The van der Waals surface area contributed by atoms with Gasteiger partial charge in [0.05, 0.1) is 6.54 Å². The zero-order valence-corrected chi connectivity index (χ0v) is 12.9. The molecule has 0 aromatic carbocycles. The van der Waals surface area contributed by atoms with Crippen LogP contribution in [0.5, 0.6) is 0 Å². The SMILES string of the molecule is CC(C)C(NCc1ccc(I)o1)c1cccs1. The first-order valence-corrected chi connectivity index (χ1v) is 7.63. The van der Waals surface area contributed by atoms with Gasteiger partial charge in [0, 0.05) is 10.9 Å². The molecule has 0 amide bonds. The molecule has 2 rings (SSSR count). The molecule has 0 saturated heterocycles. The molecule has 0 saturated carbocycles. The van der Waals surface area contributed by atoms with E-state index in [0.29, 0.717) is 12.0 Å². The average Bonchev–Trinajstić information content (AvgIpc) is 2.90. The fourth-order valence-electron chi connectivity index (χ4n) is 1.79. The number of hydrogen-bond donors (Lipinski definition) is 1. The lowest BCUT2D eigenvalue weighted by atomic mass is 10.0. The third-order valence-corrected chi connectivity index (χ3v) is 4.18. The van der Waals surface area contributed by atoms with E-state index < -0.39 is 0 Å². The first kappa shape index (κ1) is 13.1. The maximum Gasteiger partial charge on any atom is 0.164 e. The van der Waals surface area contributed by atoms with E-state index in [4.69, 9.17) is 4.42 Å². The van der Waals surface area contributed by atoms with Crippen LogP contribution in [0.25, 0.3) is 0 Å². The van der Waals surface area contributed by atoms with Crippen LogP contribution in [0.15, 0.2) is 34.1 Å². The van der Waals surface area contributed by atoms with Crippen LogP contribution in [0.2, 0.25) is 0 Å². The predicted molar refractivity (Wildman–Crippen MR) is 80.2 cm³/mol. The van der Waals surface area contributed by atoms with Crippen LogP contribution in [-0.2, 0) is 6.54 Å². The minimum atomic E-state index is 0.401. The van der Waals surface area contributed by atoms with Crippen molar-refractivity contribution in [3.05, 3.63) is 44.0 Å². The van der Waals surface area contributed by atoms with Crippen molar-refractivity contribution in [2.75, 3.05) is 0 Å². The van der Waals surface area contributed by atoms with Gasteiger partial charge in [-0.05, 0) is 52.1 Å². The fourth-order valence-corrected chi connectivity index (χ4v) is 3.23. The molecule has 2 heterocycles. The Morgan fingerprint density at radius 3 is 2.71 bits per heavy atom. The molecule has 0 radical (unpaired) electrons. The summed E-state index contributed by atoms with van der Waals surface area (Å²) < 4.78 is 6.50. The van der Waals surface area contributed by atoms with Crippen molar-refractivity contribution in [3.63, 3.8) is 0 Å². The van der Waals surface area contributed by atoms with Crippen LogP contribution in [0.4, 0.5) is 0 Å². The van der Waals surface area contributed by atoms with E-state index in [9.17, 15) is 0 Å². The predicted octanol–water partition coefficient (Wildman–Crippen LogP) is 4.43. The smallest absolute Gasteiger partial charge is 0.164 e. The van der Waals surface area contributed by atoms with Gasteiger partial charge in [0.15, 0.2) is 3.77 Å². The second-order valence-corrected chi connectivity index (χ2v) is 6.37. The van der Waals surface area contributed by atoms with Gasteiger partial charge in [-0.25, -0.2) is 0 Å². The maximum atomic E-state index is 5.56. The van der Waals surface area contributed by atoms with Crippen molar-refractivity contribution in [1.82, 2.24) is 5.32 Å². The summed E-state index contributed by atoms with van der Waals surface area (Å²) in [6.45, 7) is 5.26. The number of nitrogens with one attached hydrogen (secondary N) is 1. The summed E-state index contributed by atoms with van der Waals surface area (Å²) in [4.78, 5) is 1.39. The Kier molecular flexibility index (Phi) is 4.64. The fraction of sp³-hybridized carbons (Fsp3) is 0.385. The first-order valence-electron chi connectivity index (χ1n) is 5.68. The molecule has 0 aliphatic heterocycles. The molecule has 92 valence electrons. The molecular weight excluding hydrogens is 345 g/mol. The lowest BCUT2D eigenvalue weighted by Gasteiger charge is -2.20. The lowest BCUT2D eigenvalue weighted by Crippen LogP contribution is -2.24. The highest BCUT2D eigenvalue weighted by atomic mass is 127. The second-order valence-electron chi connectivity index (χ2n) is 4.32. The Morgan fingerprint density at radius 1 is 1.35 bits per heavy atom. The Hall–Kier alpha value is -0.330.